The van der Waals surface area contributed by atoms with Gasteiger partial charge < -0.3 is 27.1 Å². The highest BCUT2D eigenvalue weighted by molar-refractivity contribution is 6.07. The van der Waals surface area contributed by atoms with Crippen molar-refractivity contribution >= 4 is 17.3 Å². The fourth-order valence-electron chi connectivity index (χ4n) is 3.83. The molecular weight excluding hydrogens is 519 g/mol. The van der Waals surface area contributed by atoms with E-state index in [1.54, 1.807) is 6.92 Å². The minimum Gasteiger partial charge on any atom is -0.399 e. The van der Waals surface area contributed by atoms with Gasteiger partial charge in [0.1, 0.15) is 0 Å². The van der Waals surface area contributed by atoms with Gasteiger partial charge in [-0.05, 0) is 55.8 Å². The Morgan fingerprint density at radius 3 is 2.52 bits per heavy atom. The van der Waals surface area contributed by atoms with E-state index in [4.69, 9.17) is 16.9 Å². The number of carbonyl (C=O) groups is 1. The third-order valence-corrected chi connectivity index (χ3v) is 6.28. The molecule has 1 amide bonds. The molecule has 0 saturated carbocycles. The Bertz CT molecular complexity index is 1410. The molecular formula is C29H32F3N7O. The zero-order chi connectivity index (χ0) is 29.4. The summed E-state index contributed by atoms with van der Waals surface area (Å²) in [5.41, 5.74) is 12.3. The van der Waals surface area contributed by atoms with E-state index in [1.165, 1.54) is 42.7 Å². The van der Waals surface area contributed by atoms with Crippen molar-refractivity contribution in [1.29, 1.82) is 5.41 Å². The molecule has 0 radical (unpaired) electrons. The quantitative estimate of drug-likeness (QED) is 0.236. The fraction of sp³-hybridized carbons (Fsp3) is 0.276. The van der Waals surface area contributed by atoms with Crippen LogP contribution in [0.5, 0.6) is 0 Å². The number of anilines is 1. The second-order valence-corrected chi connectivity index (χ2v) is 9.48. The molecule has 0 unspecified atom stereocenters. The number of alkyl halides is 3. The molecule has 1 fully saturated rings. The molecule has 2 aromatic rings. The second-order valence-electron chi connectivity index (χ2n) is 9.48. The van der Waals surface area contributed by atoms with Crippen LogP contribution in [0.15, 0.2) is 72.4 Å². The lowest BCUT2D eigenvalue weighted by Crippen LogP contribution is -2.44. The van der Waals surface area contributed by atoms with E-state index >= 15 is 0 Å². The Hall–Kier alpha value is -4.40. The van der Waals surface area contributed by atoms with Gasteiger partial charge in [-0.1, -0.05) is 18.6 Å². The molecule has 210 valence electrons. The molecule has 6 N–H and O–H groups in total. The lowest BCUT2D eigenvalue weighted by Gasteiger charge is -2.33. The number of nitrogens with zero attached hydrogens (tertiary/aromatic N) is 3. The summed E-state index contributed by atoms with van der Waals surface area (Å²) in [5.74, 6) is 4.88. The van der Waals surface area contributed by atoms with Crippen molar-refractivity contribution in [3.63, 3.8) is 0 Å². The number of hydrogen-bond acceptors (Lipinski definition) is 7. The van der Waals surface area contributed by atoms with Crippen LogP contribution >= 0.6 is 0 Å². The molecule has 1 saturated heterocycles. The van der Waals surface area contributed by atoms with Crippen molar-refractivity contribution < 1.29 is 18.0 Å². The average Bonchev–Trinajstić information content (AvgIpc) is 2.91. The van der Waals surface area contributed by atoms with E-state index in [0.717, 1.165) is 19.2 Å². The Morgan fingerprint density at radius 2 is 1.88 bits per heavy atom. The normalized spacial score (nSPS) is 15.2. The number of nitrogens with one attached hydrogen (secondary N) is 2. The summed E-state index contributed by atoms with van der Waals surface area (Å²) in [5, 5.41) is 10.5. The number of benzene rings is 1. The van der Waals surface area contributed by atoms with Gasteiger partial charge in [0.25, 0.3) is 5.91 Å². The smallest absolute Gasteiger partial charge is 0.399 e. The summed E-state index contributed by atoms with van der Waals surface area (Å²) in [7, 11) is 1.98. The summed E-state index contributed by atoms with van der Waals surface area (Å²) >= 11 is 0. The molecule has 0 atom stereocenters. The Kier molecular flexibility index (Phi) is 9.87. The zero-order valence-corrected chi connectivity index (χ0v) is 22.4. The van der Waals surface area contributed by atoms with E-state index in [0.29, 0.717) is 29.9 Å². The number of piperazine rings is 1. The van der Waals surface area contributed by atoms with Crippen LogP contribution < -0.4 is 16.8 Å². The maximum atomic E-state index is 13.9. The maximum Gasteiger partial charge on any atom is 0.416 e. The van der Waals surface area contributed by atoms with Crippen LogP contribution in [-0.2, 0) is 12.7 Å². The van der Waals surface area contributed by atoms with E-state index in [2.05, 4.69) is 33.6 Å². The van der Waals surface area contributed by atoms with Gasteiger partial charge in [-0.3, -0.25) is 14.7 Å². The first-order valence-corrected chi connectivity index (χ1v) is 12.4. The van der Waals surface area contributed by atoms with Crippen molar-refractivity contribution in [2.45, 2.75) is 19.6 Å². The van der Waals surface area contributed by atoms with Crippen molar-refractivity contribution in [3.05, 3.63) is 94.6 Å². The Morgan fingerprint density at radius 1 is 1.18 bits per heavy atom. The van der Waals surface area contributed by atoms with Gasteiger partial charge in [0.2, 0.25) is 0 Å². The van der Waals surface area contributed by atoms with Crippen LogP contribution in [0.1, 0.15) is 34.0 Å². The molecule has 0 bridgehead atoms. The van der Waals surface area contributed by atoms with E-state index in [-0.39, 0.29) is 34.8 Å². The summed E-state index contributed by atoms with van der Waals surface area (Å²) in [4.78, 5) is 21.0. The zero-order valence-electron chi connectivity index (χ0n) is 22.4. The number of aromatic nitrogens is 1. The molecule has 1 aliphatic rings. The number of pyridine rings is 1. The SMILES string of the molecule is C=C(N)/C=C\C(=N)C(C)=C(N)C#Cc1cncc(C(=O)Nc2ccc(CN3CCN(C)CC3)c(C(F)(F)F)c2)c1. The predicted molar refractivity (Wildman–Crippen MR) is 150 cm³/mol. The van der Waals surface area contributed by atoms with Crippen molar-refractivity contribution in [2.24, 2.45) is 11.5 Å². The number of amides is 1. The third-order valence-electron chi connectivity index (χ3n) is 6.28. The van der Waals surface area contributed by atoms with Crippen molar-refractivity contribution in [2.75, 3.05) is 38.5 Å². The van der Waals surface area contributed by atoms with Crippen LogP contribution in [0, 0.1) is 17.3 Å². The lowest BCUT2D eigenvalue weighted by molar-refractivity contribution is -0.138. The predicted octanol–water partition coefficient (Wildman–Crippen LogP) is 3.73. The van der Waals surface area contributed by atoms with Gasteiger partial charge in [0.15, 0.2) is 0 Å². The summed E-state index contributed by atoms with van der Waals surface area (Å²) in [6.07, 6.45) is 1.05. The lowest BCUT2D eigenvalue weighted by atomic mass is 10.0. The number of halogens is 3. The van der Waals surface area contributed by atoms with E-state index in [9.17, 15) is 18.0 Å². The Labute approximate surface area is 231 Å². The monoisotopic (exact) mass is 551 g/mol. The van der Waals surface area contributed by atoms with E-state index < -0.39 is 17.6 Å². The molecule has 11 heteroatoms. The molecule has 0 aliphatic carbocycles. The molecule has 1 aromatic heterocycles. The third kappa shape index (κ3) is 8.56. The average molecular weight is 552 g/mol. The molecule has 2 heterocycles. The number of rotatable bonds is 7. The highest BCUT2D eigenvalue weighted by Gasteiger charge is 2.34. The number of nitrogens with two attached hydrogens (primary N) is 2. The molecule has 1 aliphatic heterocycles. The summed E-state index contributed by atoms with van der Waals surface area (Å²) in [6, 6.07) is 5.28. The highest BCUT2D eigenvalue weighted by atomic mass is 19.4. The van der Waals surface area contributed by atoms with Gasteiger partial charge in [0.05, 0.1) is 22.5 Å². The van der Waals surface area contributed by atoms with Crippen molar-refractivity contribution in [1.82, 2.24) is 14.8 Å². The standard InChI is InChI=1S/C29H32F3N7O/c1-19(33)4-8-26(34)20(2)27(35)9-5-21-14-23(17-36-16-21)28(40)37-24-7-6-22(25(15-24)29(30,31)32)18-39-12-10-38(3)11-13-39/h4,6-8,14-17,34H,1,10-13,18,33,35H2,2-3H3,(H,37,40)/b8-4-,27-20?,34-26?. The van der Waals surface area contributed by atoms with Gasteiger partial charge in [-0.15, -0.1) is 0 Å². The molecule has 40 heavy (non-hydrogen) atoms. The highest BCUT2D eigenvalue weighted by Crippen LogP contribution is 2.34. The summed E-state index contributed by atoms with van der Waals surface area (Å²) in [6.45, 7) is 8.29. The first kappa shape index (κ1) is 30.1. The fourth-order valence-corrected chi connectivity index (χ4v) is 3.83. The van der Waals surface area contributed by atoms with Gasteiger partial charge in [-0.25, -0.2) is 0 Å². The minimum atomic E-state index is -4.57. The largest absolute Gasteiger partial charge is 0.416 e. The van der Waals surface area contributed by atoms with Gasteiger partial charge >= 0.3 is 6.18 Å². The molecule has 1 aromatic carbocycles. The number of hydrogen-bond donors (Lipinski definition) is 4. The minimum absolute atomic E-state index is 0.0190. The van der Waals surface area contributed by atoms with Crippen molar-refractivity contribution in [3.8, 4) is 11.8 Å². The van der Waals surface area contributed by atoms with Crippen LogP contribution in [0.4, 0.5) is 18.9 Å². The van der Waals surface area contributed by atoms with Crippen LogP contribution in [-0.4, -0.2) is 59.6 Å². The topological polar surface area (TPSA) is 124 Å². The van der Waals surface area contributed by atoms with Gasteiger partial charge in [-0.2, -0.15) is 13.2 Å². The maximum absolute atomic E-state index is 13.9. The van der Waals surface area contributed by atoms with Gasteiger partial charge in [0, 0.05) is 67.6 Å². The first-order valence-electron chi connectivity index (χ1n) is 12.4. The number of likely N-dealkylation sites (N-methyl/N-ethyl adjacent to an activating group) is 1. The number of allylic oxidation sites excluding steroid dienone is 4. The first-order chi connectivity index (χ1) is 18.8. The molecule has 3 rings (SSSR count). The van der Waals surface area contributed by atoms with Crippen LogP contribution in [0.2, 0.25) is 0 Å². The second kappa shape index (κ2) is 13.1. The van der Waals surface area contributed by atoms with Crippen LogP contribution in [0.3, 0.4) is 0 Å². The molecule has 8 nitrogen and oxygen atoms in total. The summed E-state index contributed by atoms with van der Waals surface area (Å²) < 4.78 is 41.7. The van der Waals surface area contributed by atoms with E-state index in [1.807, 2.05) is 11.9 Å². The Balaban J connectivity index is 1.76. The van der Waals surface area contributed by atoms with Crippen LogP contribution in [0.25, 0.3) is 0 Å². The molecule has 0 spiro atoms. The number of carbonyl (C=O) groups excluding carboxylic acids is 1.